The lowest BCUT2D eigenvalue weighted by atomic mass is 9.93. The smallest absolute Gasteiger partial charge is 0.0703 e. The first kappa shape index (κ1) is 19.4. The lowest BCUT2D eigenvalue weighted by Crippen LogP contribution is -2.22. The molecule has 0 saturated carbocycles. The van der Waals surface area contributed by atoms with Gasteiger partial charge in [0.1, 0.15) is 0 Å². The van der Waals surface area contributed by atoms with Crippen LogP contribution in [0.2, 0.25) is 0 Å². The minimum absolute atomic E-state index is 0.449. The second-order valence-corrected chi connectivity index (χ2v) is 8.51. The average molecular weight is 383 g/mol. The molecule has 1 aliphatic rings. The molecule has 29 heavy (non-hydrogen) atoms. The van der Waals surface area contributed by atoms with E-state index in [-0.39, 0.29) is 0 Å². The van der Waals surface area contributed by atoms with Gasteiger partial charge in [0.2, 0.25) is 0 Å². The molecule has 0 spiro atoms. The van der Waals surface area contributed by atoms with Crippen molar-refractivity contribution in [3.05, 3.63) is 95.1 Å². The monoisotopic (exact) mass is 382 g/mol. The van der Waals surface area contributed by atoms with Crippen molar-refractivity contribution >= 4 is 17.1 Å². The summed E-state index contributed by atoms with van der Waals surface area (Å²) in [7, 11) is 0. The topological polar surface area (TPSA) is 15.6 Å². The second kappa shape index (κ2) is 8.24. The molecule has 2 heteroatoms. The maximum Gasteiger partial charge on any atom is 0.0703 e. The number of anilines is 1. The zero-order valence-electron chi connectivity index (χ0n) is 17.9. The van der Waals surface area contributed by atoms with Gasteiger partial charge >= 0.3 is 0 Å². The molecule has 0 bridgehead atoms. The number of para-hydroxylation sites is 2. The van der Waals surface area contributed by atoms with Crippen molar-refractivity contribution < 1.29 is 0 Å². The fourth-order valence-corrected chi connectivity index (χ4v) is 4.16. The average Bonchev–Trinajstić information content (AvgIpc) is 3.06. The van der Waals surface area contributed by atoms with Crippen LogP contribution in [-0.2, 0) is 6.54 Å². The highest BCUT2D eigenvalue weighted by molar-refractivity contribution is 6.13. The number of hydrogen-bond donors (Lipinski definition) is 0. The van der Waals surface area contributed by atoms with Gasteiger partial charge in [0.25, 0.3) is 0 Å². The van der Waals surface area contributed by atoms with Crippen molar-refractivity contribution in [2.75, 3.05) is 11.4 Å². The molecule has 1 heterocycles. The Labute approximate surface area is 174 Å². The van der Waals surface area contributed by atoms with Crippen LogP contribution in [0, 0.1) is 0 Å². The molecule has 0 radical (unpaired) electrons. The first-order valence-corrected chi connectivity index (χ1v) is 10.6. The highest BCUT2D eigenvalue weighted by Crippen LogP contribution is 2.37. The summed E-state index contributed by atoms with van der Waals surface area (Å²) in [5.41, 5.74) is 8.88. The molecule has 2 nitrogen and oxygen atoms in total. The molecule has 3 aromatic carbocycles. The Morgan fingerprint density at radius 2 is 1.38 bits per heavy atom. The molecule has 4 rings (SSSR count). The normalized spacial score (nSPS) is 14.8. The minimum Gasteiger partial charge on any atom is -0.361 e. The van der Waals surface area contributed by atoms with Crippen LogP contribution in [0.25, 0.3) is 0 Å². The number of aliphatic imine (C=N–C) groups is 1. The van der Waals surface area contributed by atoms with Gasteiger partial charge in [-0.25, -0.2) is 0 Å². The van der Waals surface area contributed by atoms with E-state index in [0.717, 1.165) is 13.1 Å². The Morgan fingerprint density at radius 3 is 2.03 bits per heavy atom. The maximum absolute atomic E-state index is 5.31. The Bertz CT molecular complexity index is 989. The fraction of sp³-hybridized carbons (Fsp3) is 0.296. The van der Waals surface area contributed by atoms with E-state index in [1.54, 1.807) is 0 Å². The van der Waals surface area contributed by atoms with E-state index in [1.165, 1.54) is 39.3 Å². The summed E-state index contributed by atoms with van der Waals surface area (Å²) in [6.07, 6.45) is 0. The van der Waals surface area contributed by atoms with Crippen LogP contribution in [0.5, 0.6) is 0 Å². The van der Waals surface area contributed by atoms with Crippen molar-refractivity contribution in [2.45, 2.75) is 46.1 Å². The van der Waals surface area contributed by atoms with Gasteiger partial charge in [0.15, 0.2) is 0 Å². The molecule has 0 unspecified atom stereocenters. The Morgan fingerprint density at radius 1 is 0.759 bits per heavy atom. The van der Waals surface area contributed by atoms with Crippen LogP contribution >= 0.6 is 0 Å². The predicted molar refractivity (Wildman–Crippen MR) is 125 cm³/mol. The fourth-order valence-electron chi connectivity index (χ4n) is 4.16. The number of rotatable bonds is 5. The van der Waals surface area contributed by atoms with E-state index < -0.39 is 0 Å². The van der Waals surface area contributed by atoms with Crippen molar-refractivity contribution in [3.8, 4) is 0 Å². The van der Waals surface area contributed by atoms with Gasteiger partial charge < -0.3 is 4.90 Å². The molecule has 0 aromatic heterocycles. The van der Waals surface area contributed by atoms with Crippen LogP contribution in [-0.4, -0.2) is 12.3 Å². The number of nitrogens with zero attached hydrogens (tertiary/aromatic N) is 2. The summed E-state index contributed by atoms with van der Waals surface area (Å²) in [6, 6.07) is 26.0. The highest BCUT2D eigenvalue weighted by Gasteiger charge is 2.25. The predicted octanol–water partition coefficient (Wildman–Crippen LogP) is 7.07. The maximum atomic E-state index is 5.31. The standard InChI is InChI=1S/C27H30N2/c1-19(2)22-14-10-15-23(20(3)4)27(22)28-25-18-29(17-21-11-6-5-7-12-21)26-16-9-8-13-24(25)26/h5-16,19-20H,17-18H2,1-4H3. The van der Waals surface area contributed by atoms with Gasteiger partial charge in [0, 0.05) is 17.8 Å². The highest BCUT2D eigenvalue weighted by atomic mass is 15.2. The third kappa shape index (κ3) is 3.98. The van der Waals surface area contributed by atoms with E-state index >= 15 is 0 Å². The number of fused-ring (bicyclic) bond motifs is 1. The van der Waals surface area contributed by atoms with E-state index in [4.69, 9.17) is 4.99 Å². The van der Waals surface area contributed by atoms with Gasteiger partial charge in [0.05, 0.1) is 17.9 Å². The summed E-state index contributed by atoms with van der Waals surface area (Å²) < 4.78 is 0. The quantitative estimate of drug-likeness (QED) is 0.460. The first-order chi connectivity index (χ1) is 14.0. The largest absolute Gasteiger partial charge is 0.361 e. The summed E-state index contributed by atoms with van der Waals surface area (Å²) in [5.74, 6) is 0.898. The third-order valence-corrected chi connectivity index (χ3v) is 5.70. The van der Waals surface area contributed by atoms with Crippen LogP contribution in [0.4, 0.5) is 11.4 Å². The van der Waals surface area contributed by atoms with Crippen molar-refractivity contribution in [1.82, 2.24) is 0 Å². The van der Waals surface area contributed by atoms with Gasteiger partial charge in [-0.3, -0.25) is 4.99 Å². The molecule has 0 saturated heterocycles. The van der Waals surface area contributed by atoms with Crippen LogP contribution in [0.1, 0.15) is 61.8 Å². The minimum atomic E-state index is 0.449. The van der Waals surface area contributed by atoms with Gasteiger partial charge in [-0.1, -0.05) is 94.4 Å². The Kier molecular flexibility index (Phi) is 5.53. The number of benzene rings is 3. The molecule has 0 N–H and O–H groups in total. The van der Waals surface area contributed by atoms with Crippen molar-refractivity contribution in [1.29, 1.82) is 0 Å². The second-order valence-electron chi connectivity index (χ2n) is 8.51. The van der Waals surface area contributed by atoms with Crippen molar-refractivity contribution in [2.24, 2.45) is 4.99 Å². The molecule has 148 valence electrons. The SMILES string of the molecule is CC(C)c1cccc(C(C)C)c1N=C1CN(Cc2ccccc2)c2ccccc21. The molecule has 0 aliphatic carbocycles. The summed E-state index contributed by atoms with van der Waals surface area (Å²) in [6.45, 7) is 10.8. The van der Waals surface area contributed by atoms with E-state index in [1.807, 2.05) is 0 Å². The summed E-state index contributed by atoms with van der Waals surface area (Å²) >= 11 is 0. The van der Waals surface area contributed by atoms with Gasteiger partial charge in [-0.15, -0.1) is 0 Å². The molecule has 1 aliphatic heterocycles. The lowest BCUT2D eigenvalue weighted by Gasteiger charge is -2.19. The number of hydrogen-bond acceptors (Lipinski definition) is 2. The van der Waals surface area contributed by atoms with Crippen LogP contribution in [0.15, 0.2) is 77.8 Å². The van der Waals surface area contributed by atoms with Crippen LogP contribution < -0.4 is 4.90 Å². The van der Waals surface area contributed by atoms with E-state index in [2.05, 4.69) is 105 Å². The van der Waals surface area contributed by atoms with Gasteiger partial charge in [-0.2, -0.15) is 0 Å². The zero-order valence-corrected chi connectivity index (χ0v) is 17.9. The Hall–Kier alpha value is -2.87. The molecular weight excluding hydrogens is 352 g/mol. The molecule has 0 fully saturated rings. The van der Waals surface area contributed by atoms with E-state index in [9.17, 15) is 0 Å². The lowest BCUT2D eigenvalue weighted by molar-refractivity contribution is 0.834. The molecule has 3 aromatic rings. The van der Waals surface area contributed by atoms with Gasteiger partial charge in [-0.05, 0) is 34.6 Å². The summed E-state index contributed by atoms with van der Waals surface area (Å²) in [5, 5.41) is 0. The molecule has 0 atom stereocenters. The van der Waals surface area contributed by atoms with E-state index in [0.29, 0.717) is 11.8 Å². The Balaban J connectivity index is 1.78. The molecule has 0 amide bonds. The third-order valence-electron chi connectivity index (χ3n) is 5.70. The summed E-state index contributed by atoms with van der Waals surface area (Å²) in [4.78, 5) is 7.75. The zero-order chi connectivity index (χ0) is 20.4. The van der Waals surface area contributed by atoms with Crippen molar-refractivity contribution in [3.63, 3.8) is 0 Å². The van der Waals surface area contributed by atoms with Crippen LogP contribution in [0.3, 0.4) is 0 Å². The first-order valence-electron chi connectivity index (χ1n) is 10.6. The molecular formula is C27H30N2.